The summed E-state index contributed by atoms with van der Waals surface area (Å²) < 4.78 is 26.4. The van der Waals surface area contributed by atoms with Gasteiger partial charge in [0.25, 0.3) is 5.91 Å². The molecule has 0 unspecified atom stereocenters. The number of carbonyl (C=O) groups is 2. The molecule has 0 aliphatic carbocycles. The number of carbonyl (C=O) groups excluding carboxylic acids is 2. The van der Waals surface area contributed by atoms with Crippen molar-refractivity contribution in [1.29, 1.82) is 0 Å². The number of pyridine rings is 1. The van der Waals surface area contributed by atoms with Crippen LogP contribution in [0.3, 0.4) is 0 Å². The normalized spacial score (nSPS) is 14.4. The molecule has 0 bridgehead atoms. The summed E-state index contributed by atoms with van der Waals surface area (Å²) in [4.78, 5) is 31.1. The van der Waals surface area contributed by atoms with Gasteiger partial charge in [0.2, 0.25) is 0 Å². The maximum absolute atomic E-state index is 13.2. The van der Waals surface area contributed by atoms with Crippen LogP contribution in [0.1, 0.15) is 48.2 Å². The molecule has 0 radical (unpaired) electrons. The Morgan fingerprint density at radius 2 is 1.82 bits per heavy atom. The van der Waals surface area contributed by atoms with Crippen LogP contribution in [-0.2, 0) is 20.4 Å². The molecular weight excluding hydrogens is 448 g/mol. The predicted octanol–water partition coefficient (Wildman–Crippen LogP) is 4.59. The number of hydrogen-bond acceptors (Lipinski definition) is 5. The van der Waals surface area contributed by atoms with Gasteiger partial charge in [-0.05, 0) is 48.2 Å². The van der Waals surface area contributed by atoms with Gasteiger partial charge in [-0.25, -0.2) is 8.42 Å². The van der Waals surface area contributed by atoms with Crippen LogP contribution in [0.25, 0.3) is 10.9 Å². The van der Waals surface area contributed by atoms with E-state index in [0.29, 0.717) is 48.5 Å². The van der Waals surface area contributed by atoms with Crippen LogP contribution in [-0.4, -0.2) is 43.1 Å². The van der Waals surface area contributed by atoms with Crippen LogP contribution in [0, 0.1) is 18.8 Å². The van der Waals surface area contributed by atoms with E-state index in [-0.39, 0.29) is 28.3 Å². The number of hydrogen-bond donors (Lipinski definition) is 0. The van der Waals surface area contributed by atoms with Crippen molar-refractivity contribution in [3.63, 3.8) is 0 Å². The molecule has 0 N–H and O–H groups in total. The SMILES string of the molecule is Cc1cc(C(=O)N2CC(CC(=O)CC(C)C)C2)ccc1CS(=O)(=O)c1cccc2cccnc12. The minimum atomic E-state index is -3.62. The molecule has 6 nitrogen and oxygen atoms in total. The lowest BCUT2D eigenvalue weighted by Crippen LogP contribution is -2.50. The first-order chi connectivity index (χ1) is 16.1. The molecule has 2 heterocycles. The van der Waals surface area contributed by atoms with E-state index in [1.165, 1.54) is 0 Å². The van der Waals surface area contributed by atoms with Crippen molar-refractivity contribution < 1.29 is 18.0 Å². The second-order valence-corrected chi connectivity index (χ2v) is 11.6. The van der Waals surface area contributed by atoms with Gasteiger partial charge in [-0.3, -0.25) is 14.6 Å². The number of benzene rings is 2. The number of aromatic nitrogens is 1. The Kier molecular flexibility index (Phi) is 6.84. The van der Waals surface area contributed by atoms with E-state index in [4.69, 9.17) is 0 Å². The summed E-state index contributed by atoms with van der Waals surface area (Å²) in [5.74, 6) is 0.605. The number of aryl methyl sites for hydroxylation is 1. The van der Waals surface area contributed by atoms with Crippen LogP contribution >= 0.6 is 0 Å². The quantitative estimate of drug-likeness (QED) is 0.473. The number of nitrogens with zero attached hydrogens (tertiary/aromatic N) is 2. The zero-order valence-electron chi connectivity index (χ0n) is 19.8. The molecule has 0 saturated carbocycles. The smallest absolute Gasteiger partial charge is 0.253 e. The van der Waals surface area contributed by atoms with Crippen molar-refractivity contribution in [3.05, 3.63) is 71.4 Å². The molecule has 1 fully saturated rings. The van der Waals surface area contributed by atoms with Crippen LogP contribution < -0.4 is 0 Å². The number of fused-ring (bicyclic) bond motifs is 1. The van der Waals surface area contributed by atoms with Crippen molar-refractivity contribution in [2.45, 2.75) is 44.3 Å². The van der Waals surface area contributed by atoms with Gasteiger partial charge < -0.3 is 4.90 Å². The fourth-order valence-electron chi connectivity index (χ4n) is 4.51. The molecule has 1 aliphatic rings. The third-order valence-corrected chi connectivity index (χ3v) is 7.95. The molecule has 1 amide bonds. The van der Waals surface area contributed by atoms with Gasteiger partial charge >= 0.3 is 0 Å². The molecule has 178 valence electrons. The highest BCUT2D eigenvalue weighted by Crippen LogP contribution is 2.27. The Bertz CT molecular complexity index is 1340. The van der Waals surface area contributed by atoms with Crippen molar-refractivity contribution in [1.82, 2.24) is 9.88 Å². The molecular formula is C27H30N2O4S. The summed E-state index contributed by atoms with van der Waals surface area (Å²) in [5, 5.41) is 0.778. The summed E-state index contributed by atoms with van der Waals surface area (Å²) in [5.41, 5.74) is 2.42. The topological polar surface area (TPSA) is 84.4 Å². The Balaban J connectivity index is 1.43. The van der Waals surface area contributed by atoms with Gasteiger partial charge in [0.15, 0.2) is 9.84 Å². The second kappa shape index (κ2) is 9.66. The number of sulfone groups is 1. The Morgan fingerprint density at radius 3 is 2.53 bits per heavy atom. The fourth-order valence-corrected chi connectivity index (χ4v) is 6.15. The zero-order chi connectivity index (χ0) is 24.5. The number of Topliss-reactive ketones (excluding diaryl/α,β-unsaturated/α-hetero) is 1. The minimum absolute atomic E-state index is 0.0803. The second-order valence-electron chi connectivity index (χ2n) is 9.65. The molecule has 0 atom stereocenters. The lowest BCUT2D eigenvalue weighted by atomic mass is 9.90. The molecule has 2 aromatic carbocycles. The fraction of sp³-hybridized carbons (Fsp3) is 0.370. The number of amides is 1. The summed E-state index contributed by atoms with van der Waals surface area (Å²) in [6, 6.07) is 13.9. The number of rotatable bonds is 8. The first-order valence-electron chi connectivity index (χ1n) is 11.6. The monoisotopic (exact) mass is 478 g/mol. The largest absolute Gasteiger partial charge is 0.338 e. The van der Waals surface area contributed by atoms with E-state index in [1.807, 2.05) is 32.9 Å². The van der Waals surface area contributed by atoms with Gasteiger partial charge in [0.05, 0.1) is 16.2 Å². The summed E-state index contributed by atoms with van der Waals surface area (Å²) >= 11 is 0. The highest BCUT2D eigenvalue weighted by Gasteiger charge is 2.32. The van der Waals surface area contributed by atoms with Gasteiger partial charge in [-0.15, -0.1) is 0 Å². The van der Waals surface area contributed by atoms with E-state index in [9.17, 15) is 18.0 Å². The van der Waals surface area contributed by atoms with E-state index in [2.05, 4.69) is 4.98 Å². The summed E-state index contributed by atoms with van der Waals surface area (Å²) in [7, 11) is -3.62. The molecule has 3 aromatic rings. The van der Waals surface area contributed by atoms with Gasteiger partial charge in [0, 0.05) is 49.0 Å². The lowest BCUT2D eigenvalue weighted by molar-refractivity contribution is -0.121. The van der Waals surface area contributed by atoms with Crippen LogP contribution in [0.4, 0.5) is 0 Å². The van der Waals surface area contributed by atoms with E-state index >= 15 is 0 Å². The molecule has 4 rings (SSSR count). The highest BCUT2D eigenvalue weighted by molar-refractivity contribution is 7.90. The van der Waals surface area contributed by atoms with E-state index < -0.39 is 9.84 Å². The maximum atomic E-state index is 13.2. The first-order valence-corrected chi connectivity index (χ1v) is 13.3. The Hall–Kier alpha value is -3.06. The number of ketones is 1. The molecule has 1 aromatic heterocycles. The van der Waals surface area contributed by atoms with Crippen molar-refractivity contribution in [2.75, 3.05) is 13.1 Å². The van der Waals surface area contributed by atoms with Crippen LogP contribution in [0.15, 0.2) is 59.6 Å². The molecule has 7 heteroatoms. The maximum Gasteiger partial charge on any atom is 0.253 e. The lowest BCUT2D eigenvalue weighted by Gasteiger charge is -2.39. The molecule has 1 saturated heterocycles. The third kappa shape index (κ3) is 5.20. The first kappa shape index (κ1) is 24.1. The van der Waals surface area contributed by atoms with E-state index in [1.54, 1.807) is 47.5 Å². The van der Waals surface area contributed by atoms with Crippen LogP contribution in [0.5, 0.6) is 0 Å². The van der Waals surface area contributed by atoms with Crippen molar-refractivity contribution in [3.8, 4) is 0 Å². The summed E-state index contributed by atoms with van der Waals surface area (Å²) in [6.45, 7) is 7.07. The predicted molar refractivity (Wildman–Crippen MR) is 132 cm³/mol. The van der Waals surface area contributed by atoms with Gasteiger partial charge in [-0.2, -0.15) is 0 Å². The number of likely N-dealkylation sites (tertiary alicyclic amines) is 1. The Labute approximate surface area is 200 Å². The standard InChI is InChI=1S/C27H30N2O4S/c1-18(2)12-24(30)14-20-15-29(16-20)27(31)22-9-10-23(19(3)13-22)17-34(32,33)25-8-4-6-21-7-5-11-28-26(21)25/h4-11,13,18,20H,12,14-17H2,1-3H3. The summed E-state index contributed by atoms with van der Waals surface area (Å²) in [6.07, 6.45) is 2.71. The van der Waals surface area contributed by atoms with Gasteiger partial charge in [-0.1, -0.05) is 38.1 Å². The van der Waals surface area contributed by atoms with Crippen molar-refractivity contribution in [2.24, 2.45) is 11.8 Å². The average Bonchev–Trinajstić information content (AvgIpc) is 2.76. The molecule has 0 spiro atoms. The Morgan fingerprint density at radius 1 is 1.09 bits per heavy atom. The van der Waals surface area contributed by atoms with Crippen molar-refractivity contribution >= 4 is 32.4 Å². The minimum Gasteiger partial charge on any atom is -0.338 e. The molecule has 1 aliphatic heterocycles. The zero-order valence-corrected chi connectivity index (χ0v) is 20.6. The third-order valence-electron chi connectivity index (χ3n) is 6.26. The van der Waals surface area contributed by atoms with E-state index in [0.717, 1.165) is 10.9 Å². The highest BCUT2D eigenvalue weighted by atomic mass is 32.2. The average molecular weight is 479 g/mol. The number of para-hydroxylation sites is 1. The van der Waals surface area contributed by atoms with Gasteiger partial charge in [0.1, 0.15) is 5.78 Å². The van der Waals surface area contributed by atoms with Crippen LogP contribution in [0.2, 0.25) is 0 Å². The molecule has 34 heavy (non-hydrogen) atoms.